The Kier molecular flexibility index (Phi) is 4.23. The van der Waals surface area contributed by atoms with E-state index in [-0.39, 0.29) is 17.9 Å². The van der Waals surface area contributed by atoms with E-state index in [2.05, 4.69) is 0 Å². The van der Waals surface area contributed by atoms with Crippen molar-refractivity contribution in [3.63, 3.8) is 0 Å². The minimum absolute atomic E-state index is 0.0499. The van der Waals surface area contributed by atoms with Crippen LogP contribution in [-0.2, 0) is 0 Å². The fourth-order valence-corrected chi connectivity index (χ4v) is 1.69. The molecular formula is C10H11F2NOS. The highest BCUT2D eigenvalue weighted by Gasteiger charge is 2.19. The molecule has 0 unspecified atom stereocenters. The lowest BCUT2D eigenvalue weighted by molar-refractivity contribution is 0.0976. The maximum absolute atomic E-state index is 13.6. The number of hydrogen-bond donors (Lipinski definition) is 1. The van der Waals surface area contributed by atoms with Crippen molar-refractivity contribution < 1.29 is 13.6 Å². The van der Waals surface area contributed by atoms with Crippen molar-refractivity contribution >= 4 is 17.5 Å². The van der Waals surface area contributed by atoms with Crippen molar-refractivity contribution in [3.05, 3.63) is 29.3 Å². The highest BCUT2D eigenvalue weighted by atomic mass is 32.2. The first-order valence-electron chi connectivity index (χ1n) is 4.37. The number of nitrogens with two attached hydrogens (primary N) is 1. The van der Waals surface area contributed by atoms with Crippen LogP contribution in [0.4, 0.5) is 8.78 Å². The van der Waals surface area contributed by atoms with E-state index in [1.165, 1.54) is 6.07 Å². The van der Waals surface area contributed by atoms with Crippen LogP contribution < -0.4 is 5.73 Å². The number of rotatable bonds is 4. The molecule has 0 aliphatic carbocycles. The lowest BCUT2D eigenvalue weighted by Gasteiger charge is -2.06. The van der Waals surface area contributed by atoms with Gasteiger partial charge in [-0.05, 0) is 24.9 Å². The van der Waals surface area contributed by atoms with Crippen LogP contribution in [0.2, 0.25) is 0 Å². The van der Waals surface area contributed by atoms with Gasteiger partial charge in [0.1, 0.15) is 11.6 Å². The molecular weight excluding hydrogens is 220 g/mol. The van der Waals surface area contributed by atoms with E-state index in [0.717, 1.165) is 17.8 Å². The Bertz CT molecular complexity index is 382. The molecule has 1 rings (SSSR count). The van der Waals surface area contributed by atoms with Crippen molar-refractivity contribution in [2.24, 2.45) is 5.73 Å². The van der Waals surface area contributed by atoms with Gasteiger partial charge in [-0.3, -0.25) is 4.79 Å². The van der Waals surface area contributed by atoms with E-state index < -0.39 is 23.0 Å². The molecule has 0 saturated heterocycles. The van der Waals surface area contributed by atoms with Crippen LogP contribution >= 0.6 is 11.8 Å². The van der Waals surface area contributed by atoms with Gasteiger partial charge in [0.05, 0.1) is 5.56 Å². The average molecular weight is 231 g/mol. The van der Waals surface area contributed by atoms with Crippen molar-refractivity contribution in [1.29, 1.82) is 0 Å². The molecule has 0 saturated carbocycles. The highest BCUT2D eigenvalue weighted by molar-refractivity contribution is 7.98. The van der Waals surface area contributed by atoms with Crippen LogP contribution in [0.25, 0.3) is 0 Å². The summed E-state index contributed by atoms with van der Waals surface area (Å²) >= 11 is 1.13. The molecule has 0 heterocycles. The van der Waals surface area contributed by atoms with Gasteiger partial charge in [-0.1, -0.05) is 0 Å². The van der Waals surface area contributed by atoms with E-state index in [9.17, 15) is 13.6 Å². The first-order chi connectivity index (χ1) is 7.11. The molecule has 2 nitrogen and oxygen atoms in total. The van der Waals surface area contributed by atoms with E-state index in [4.69, 9.17) is 5.73 Å². The summed E-state index contributed by atoms with van der Waals surface area (Å²) in [7, 11) is 0. The van der Waals surface area contributed by atoms with Crippen molar-refractivity contribution in [1.82, 2.24) is 0 Å². The maximum atomic E-state index is 13.6. The third-order valence-electron chi connectivity index (χ3n) is 1.93. The van der Waals surface area contributed by atoms with Gasteiger partial charge >= 0.3 is 0 Å². The van der Waals surface area contributed by atoms with Gasteiger partial charge in [0.15, 0.2) is 5.78 Å². The zero-order valence-electron chi connectivity index (χ0n) is 8.22. The van der Waals surface area contributed by atoms with Crippen LogP contribution in [0.5, 0.6) is 0 Å². The Morgan fingerprint density at radius 1 is 1.47 bits per heavy atom. The number of thioether (sulfide) groups is 1. The lowest BCUT2D eigenvalue weighted by Crippen LogP contribution is -2.12. The fraction of sp³-hybridized carbons (Fsp3) is 0.300. The van der Waals surface area contributed by atoms with Gasteiger partial charge in [0.2, 0.25) is 0 Å². The molecule has 0 radical (unpaired) electrons. The van der Waals surface area contributed by atoms with Gasteiger partial charge < -0.3 is 5.73 Å². The maximum Gasteiger partial charge on any atom is 0.170 e. The van der Waals surface area contributed by atoms with Crippen LogP contribution in [0.3, 0.4) is 0 Å². The van der Waals surface area contributed by atoms with E-state index in [0.29, 0.717) is 0 Å². The van der Waals surface area contributed by atoms with Crippen LogP contribution in [0, 0.1) is 11.6 Å². The molecule has 0 spiro atoms. The topological polar surface area (TPSA) is 43.1 Å². The summed E-state index contributed by atoms with van der Waals surface area (Å²) in [6.45, 7) is 0.0845. The summed E-state index contributed by atoms with van der Waals surface area (Å²) in [4.78, 5) is 11.6. The second kappa shape index (κ2) is 5.23. The monoisotopic (exact) mass is 231 g/mol. The van der Waals surface area contributed by atoms with Gasteiger partial charge in [0, 0.05) is 11.3 Å². The van der Waals surface area contributed by atoms with Crippen LogP contribution in [0.15, 0.2) is 17.0 Å². The molecule has 0 fully saturated rings. The van der Waals surface area contributed by atoms with Gasteiger partial charge in [-0.2, -0.15) is 0 Å². The van der Waals surface area contributed by atoms with E-state index in [1.807, 2.05) is 0 Å². The molecule has 15 heavy (non-hydrogen) atoms. The lowest BCUT2D eigenvalue weighted by atomic mass is 10.1. The Morgan fingerprint density at radius 3 is 2.67 bits per heavy atom. The minimum Gasteiger partial charge on any atom is -0.330 e. The molecule has 1 aromatic rings. The van der Waals surface area contributed by atoms with Crippen molar-refractivity contribution in [2.75, 3.05) is 12.8 Å². The Morgan fingerprint density at radius 2 is 2.13 bits per heavy atom. The number of ketones is 1. The van der Waals surface area contributed by atoms with Gasteiger partial charge in [-0.15, -0.1) is 11.8 Å². The second-order valence-corrected chi connectivity index (χ2v) is 3.75. The van der Waals surface area contributed by atoms with Crippen molar-refractivity contribution in [3.8, 4) is 0 Å². The largest absolute Gasteiger partial charge is 0.330 e. The number of carbonyl (C=O) groups is 1. The summed E-state index contributed by atoms with van der Waals surface area (Å²) in [6.07, 6.45) is 1.61. The molecule has 0 atom stereocenters. The second-order valence-electron chi connectivity index (χ2n) is 2.90. The van der Waals surface area contributed by atoms with Crippen LogP contribution in [0.1, 0.15) is 16.8 Å². The molecule has 82 valence electrons. The SMILES string of the molecule is CSc1ccc(F)c(C(=O)CCN)c1F. The average Bonchev–Trinajstić information content (AvgIpc) is 2.18. The predicted molar refractivity (Wildman–Crippen MR) is 56.1 cm³/mol. The Hall–Kier alpha value is -0.940. The Labute approximate surface area is 90.8 Å². The smallest absolute Gasteiger partial charge is 0.170 e. The Balaban J connectivity index is 3.20. The quantitative estimate of drug-likeness (QED) is 0.638. The van der Waals surface area contributed by atoms with Crippen LogP contribution in [-0.4, -0.2) is 18.6 Å². The number of hydrogen-bond acceptors (Lipinski definition) is 3. The van der Waals surface area contributed by atoms with E-state index >= 15 is 0 Å². The third-order valence-corrected chi connectivity index (χ3v) is 2.68. The summed E-state index contributed by atoms with van der Waals surface area (Å²) in [6, 6.07) is 2.41. The standard InChI is InChI=1S/C10H11F2NOS/c1-15-8-3-2-6(11)9(10(8)12)7(14)4-5-13/h2-3H,4-5,13H2,1H3. The number of Topliss-reactive ketones (excluding diaryl/α,β-unsaturated/α-hetero) is 1. The zero-order chi connectivity index (χ0) is 11.4. The molecule has 0 aromatic heterocycles. The summed E-state index contributed by atoms with van der Waals surface area (Å²) in [5.74, 6) is -2.21. The fourth-order valence-electron chi connectivity index (χ4n) is 1.20. The van der Waals surface area contributed by atoms with Crippen molar-refractivity contribution in [2.45, 2.75) is 11.3 Å². The summed E-state index contributed by atoms with van der Waals surface area (Å²) in [5.41, 5.74) is 4.69. The number of carbonyl (C=O) groups excluding carboxylic acids is 1. The number of halogens is 2. The predicted octanol–water partition coefficient (Wildman–Crippen LogP) is 2.22. The minimum atomic E-state index is -0.830. The summed E-state index contributed by atoms with van der Waals surface area (Å²) < 4.78 is 26.8. The molecule has 0 amide bonds. The zero-order valence-corrected chi connectivity index (χ0v) is 9.04. The third kappa shape index (κ3) is 2.54. The first kappa shape index (κ1) is 12.1. The molecule has 1 aromatic carbocycles. The normalized spacial score (nSPS) is 10.4. The van der Waals surface area contributed by atoms with Gasteiger partial charge in [0.25, 0.3) is 0 Å². The number of benzene rings is 1. The molecule has 0 aliphatic heterocycles. The molecule has 0 aliphatic rings. The first-order valence-corrected chi connectivity index (χ1v) is 5.59. The van der Waals surface area contributed by atoms with E-state index in [1.54, 1.807) is 6.26 Å². The highest BCUT2D eigenvalue weighted by Crippen LogP contribution is 2.24. The molecule has 5 heteroatoms. The molecule has 2 N–H and O–H groups in total. The molecule has 0 bridgehead atoms. The van der Waals surface area contributed by atoms with Gasteiger partial charge in [-0.25, -0.2) is 8.78 Å². The summed E-state index contributed by atoms with van der Waals surface area (Å²) in [5, 5.41) is 0.